The molecule has 0 bridgehead atoms. The van der Waals surface area contributed by atoms with E-state index in [1.165, 1.54) is 75.1 Å². The van der Waals surface area contributed by atoms with Crippen LogP contribution in [-0.2, 0) is 6.42 Å². The Morgan fingerprint density at radius 3 is 1.28 bits per heavy atom. The molecule has 0 saturated carbocycles. The molecule has 0 saturated heterocycles. The summed E-state index contributed by atoms with van der Waals surface area (Å²) in [6, 6.07) is 79.7. The minimum atomic E-state index is 0.000996. The van der Waals surface area contributed by atoms with Gasteiger partial charge in [0.05, 0.1) is 6.04 Å². The standard InChI is InChI=1S/C57H46N2S2/c1-5-13-43(14-6-1)51-39-52(59-57(58-51)49-19-11-4-12-20-49)44-24-21-40(22-25-44)23-34-50(41-26-30-47(31-27-41)55-37-35-53(60-55)45-15-7-2-8-16-45)42-28-32-48(33-29-42)56-38-36-54(61-56)46-17-9-3-10-18-46/h1-22,24-33,35-39,50-51,57-59H,23,34H2. The van der Waals surface area contributed by atoms with E-state index >= 15 is 0 Å². The Labute approximate surface area is 367 Å². The molecule has 1 aliphatic heterocycles. The van der Waals surface area contributed by atoms with Gasteiger partial charge in [-0.2, -0.15) is 0 Å². The Kier molecular flexibility index (Phi) is 11.4. The highest BCUT2D eigenvalue weighted by atomic mass is 32.1. The molecule has 61 heavy (non-hydrogen) atoms. The average molecular weight is 823 g/mol. The molecule has 2 nitrogen and oxygen atoms in total. The van der Waals surface area contributed by atoms with Crippen LogP contribution < -0.4 is 10.6 Å². The molecule has 1 aliphatic rings. The third kappa shape index (κ3) is 8.85. The summed E-state index contributed by atoms with van der Waals surface area (Å²) < 4.78 is 0. The lowest BCUT2D eigenvalue weighted by Gasteiger charge is -2.33. The maximum Gasteiger partial charge on any atom is 0.104 e. The highest BCUT2D eigenvalue weighted by molar-refractivity contribution is 7.19. The van der Waals surface area contributed by atoms with Crippen molar-refractivity contribution in [1.82, 2.24) is 10.6 Å². The molecule has 0 amide bonds. The highest BCUT2D eigenvalue weighted by Gasteiger charge is 2.24. The topological polar surface area (TPSA) is 24.1 Å². The van der Waals surface area contributed by atoms with Crippen molar-refractivity contribution in [3.63, 3.8) is 0 Å². The lowest BCUT2D eigenvalue weighted by molar-refractivity contribution is 0.442. The SMILES string of the molecule is C1=C(c2ccc(CCC(c3ccc(-c4ccc(-c5ccccc5)s4)cc3)c3ccc(-c4ccc(-c5ccccc5)s4)cc3)cc2)NC(c2ccccc2)NC1c1ccccc1. The molecular formula is C57H46N2S2. The van der Waals surface area contributed by atoms with Crippen molar-refractivity contribution in [1.29, 1.82) is 0 Å². The molecule has 2 N–H and O–H groups in total. The summed E-state index contributed by atoms with van der Waals surface area (Å²) in [6.07, 6.45) is 4.30. The first-order valence-corrected chi connectivity index (χ1v) is 22.8. The maximum absolute atomic E-state index is 3.82. The first-order valence-electron chi connectivity index (χ1n) is 21.1. The first-order chi connectivity index (χ1) is 30.2. The normalized spacial score (nSPS) is 15.0. The van der Waals surface area contributed by atoms with Gasteiger partial charge in [-0.15, -0.1) is 22.7 Å². The Bertz CT molecular complexity index is 2700. The van der Waals surface area contributed by atoms with Gasteiger partial charge >= 0.3 is 0 Å². The Morgan fingerprint density at radius 1 is 0.393 bits per heavy atom. The fourth-order valence-corrected chi connectivity index (χ4v) is 10.5. The number of aryl methyl sites for hydroxylation is 1. The van der Waals surface area contributed by atoms with Crippen LogP contribution in [0.2, 0.25) is 0 Å². The van der Waals surface area contributed by atoms with Gasteiger partial charge in [0.15, 0.2) is 0 Å². The van der Waals surface area contributed by atoms with Crippen LogP contribution in [0.15, 0.2) is 224 Å². The van der Waals surface area contributed by atoms with E-state index in [4.69, 9.17) is 0 Å². The smallest absolute Gasteiger partial charge is 0.104 e. The molecule has 3 heterocycles. The van der Waals surface area contributed by atoms with E-state index < -0.39 is 0 Å². The van der Waals surface area contributed by atoms with E-state index in [2.05, 4.69) is 235 Å². The third-order valence-electron chi connectivity index (χ3n) is 11.8. The summed E-state index contributed by atoms with van der Waals surface area (Å²) in [5, 5.41) is 7.62. The van der Waals surface area contributed by atoms with E-state index in [0.717, 1.165) is 18.5 Å². The van der Waals surface area contributed by atoms with Gasteiger partial charge in [-0.3, -0.25) is 5.32 Å². The van der Waals surface area contributed by atoms with Gasteiger partial charge < -0.3 is 5.32 Å². The second kappa shape index (κ2) is 18.0. The molecule has 4 heteroatoms. The number of thiophene rings is 2. The summed E-state index contributed by atoms with van der Waals surface area (Å²) in [4.78, 5) is 5.18. The van der Waals surface area contributed by atoms with Crippen molar-refractivity contribution in [2.24, 2.45) is 0 Å². The Hall–Kier alpha value is -6.56. The molecule has 2 aromatic heterocycles. The molecule has 9 aromatic rings. The molecule has 2 unspecified atom stereocenters. The van der Waals surface area contributed by atoms with Gasteiger partial charge in [0.2, 0.25) is 0 Å². The number of hydrogen-bond donors (Lipinski definition) is 2. The molecule has 296 valence electrons. The lowest BCUT2D eigenvalue weighted by atomic mass is 9.85. The van der Waals surface area contributed by atoms with Crippen LogP contribution in [0.5, 0.6) is 0 Å². The zero-order chi connectivity index (χ0) is 40.8. The van der Waals surface area contributed by atoms with E-state index in [1.54, 1.807) is 0 Å². The number of nitrogens with one attached hydrogen (secondary N) is 2. The van der Waals surface area contributed by atoms with Gasteiger partial charge in [-0.1, -0.05) is 194 Å². The van der Waals surface area contributed by atoms with Gasteiger partial charge in [-0.05, 0) is 98.8 Å². The van der Waals surface area contributed by atoms with Crippen LogP contribution >= 0.6 is 22.7 Å². The number of benzene rings is 7. The molecule has 10 rings (SSSR count). The summed E-state index contributed by atoms with van der Waals surface area (Å²) >= 11 is 3.71. The largest absolute Gasteiger partial charge is 0.366 e. The van der Waals surface area contributed by atoms with Crippen molar-refractivity contribution in [3.8, 4) is 41.8 Å². The highest BCUT2D eigenvalue weighted by Crippen LogP contribution is 2.39. The summed E-state index contributed by atoms with van der Waals surface area (Å²) in [5.74, 6) is 0.251. The van der Waals surface area contributed by atoms with Crippen LogP contribution in [-0.4, -0.2) is 0 Å². The fraction of sp³-hybridized carbons (Fsp3) is 0.0877. The van der Waals surface area contributed by atoms with Crippen molar-refractivity contribution in [3.05, 3.63) is 258 Å². The first kappa shape index (κ1) is 38.6. The van der Waals surface area contributed by atoms with Crippen LogP contribution in [0.3, 0.4) is 0 Å². The van der Waals surface area contributed by atoms with Crippen LogP contribution in [0.25, 0.3) is 47.5 Å². The van der Waals surface area contributed by atoms with E-state index in [-0.39, 0.29) is 18.1 Å². The minimum absolute atomic E-state index is 0.000996. The predicted octanol–water partition coefficient (Wildman–Crippen LogP) is 15.2. The maximum atomic E-state index is 3.82. The predicted molar refractivity (Wildman–Crippen MR) is 260 cm³/mol. The van der Waals surface area contributed by atoms with Crippen LogP contribution in [0.1, 0.15) is 57.9 Å². The molecular weight excluding hydrogens is 777 g/mol. The lowest BCUT2D eigenvalue weighted by Crippen LogP contribution is -2.39. The number of hydrogen-bond acceptors (Lipinski definition) is 4. The van der Waals surface area contributed by atoms with Gasteiger partial charge in [-0.25, -0.2) is 0 Å². The van der Waals surface area contributed by atoms with E-state index in [1.807, 2.05) is 22.7 Å². The van der Waals surface area contributed by atoms with E-state index in [0.29, 0.717) is 0 Å². The quantitative estimate of drug-likeness (QED) is 0.128. The van der Waals surface area contributed by atoms with Crippen molar-refractivity contribution in [2.45, 2.75) is 31.0 Å². The molecule has 7 aromatic carbocycles. The Morgan fingerprint density at radius 2 is 0.803 bits per heavy atom. The second-order valence-corrected chi connectivity index (χ2v) is 17.9. The summed E-state index contributed by atoms with van der Waals surface area (Å²) in [6.45, 7) is 0. The van der Waals surface area contributed by atoms with Crippen molar-refractivity contribution in [2.75, 3.05) is 0 Å². The van der Waals surface area contributed by atoms with Gasteiger partial charge in [0.1, 0.15) is 6.17 Å². The van der Waals surface area contributed by atoms with Crippen LogP contribution in [0.4, 0.5) is 0 Å². The monoisotopic (exact) mass is 822 g/mol. The summed E-state index contributed by atoms with van der Waals surface area (Å²) in [7, 11) is 0. The zero-order valence-corrected chi connectivity index (χ0v) is 35.5. The van der Waals surface area contributed by atoms with Crippen LogP contribution in [0, 0.1) is 0 Å². The molecule has 0 radical (unpaired) electrons. The molecule has 0 aliphatic carbocycles. The van der Waals surface area contributed by atoms with Crippen molar-refractivity contribution >= 4 is 28.4 Å². The molecule has 0 fully saturated rings. The average Bonchev–Trinajstić information content (AvgIpc) is 4.05. The van der Waals surface area contributed by atoms with Gasteiger partial charge in [0, 0.05) is 31.1 Å². The Balaban J connectivity index is 0.905. The minimum Gasteiger partial charge on any atom is -0.366 e. The van der Waals surface area contributed by atoms with Gasteiger partial charge in [0.25, 0.3) is 0 Å². The molecule has 0 spiro atoms. The second-order valence-electron chi connectivity index (χ2n) is 15.7. The summed E-state index contributed by atoms with van der Waals surface area (Å²) in [5.41, 5.74) is 13.9. The van der Waals surface area contributed by atoms with Crippen molar-refractivity contribution < 1.29 is 0 Å². The number of rotatable bonds is 12. The fourth-order valence-electron chi connectivity index (χ4n) is 8.45. The van der Waals surface area contributed by atoms with E-state index in [9.17, 15) is 0 Å². The zero-order valence-electron chi connectivity index (χ0n) is 33.8. The molecule has 2 atom stereocenters. The third-order valence-corrected chi connectivity index (χ3v) is 14.1.